The minimum atomic E-state index is -0.742. The van der Waals surface area contributed by atoms with Crippen LogP contribution in [0.15, 0.2) is 66.7 Å². The number of carbonyl (C=O) groups is 4. The molecule has 180 valence electrons. The van der Waals surface area contributed by atoms with Gasteiger partial charge in [0.05, 0.1) is 40.5 Å². The molecule has 0 spiro atoms. The molecule has 9 heteroatoms. The number of halogens is 1. The number of benzene rings is 3. The second kappa shape index (κ2) is 11.8. The second-order valence-electron chi connectivity index (χ2n) is 6.96. The van der Waals surface area contributed by atoms with Gasteiger partial charge < -0.3 is 18.9 Å². The van der Waals surface area contributed by atoms with Gasteiger partial charge in [-0.2, -0.15) is 0 Å². The van der Waals surface area contributed by atoms with E-state index in [-0.39, 0.29) is 40.9 Å². The molecule has 0 N–H and O–H groups in total. The largest absolute Gasteiger partial charge is 0.462 e. The van der Waals surface area contributed by atoms with Gasteiger partial charge in [-0.1, -0.05) is 11.6 Å². The fourth-order valence-electron chi connectivity index (χ4n) is 2.88. The van der Waals surface area contributed by atoms with Crippen LogP contribution in [0.2, 0.25) is 5.02 Å². The van der Waals surface area contributed by atoms with Crippen molar-refractivity contribution in [1.82, 2.24) is 0 Å². The van der Waals surface area contributed by atoms with Crippen LogP contribution in [-0.4, -0.2) is 37.1 Å². The molecule has 0 heterocycles. The van der Waals surface area contributed by atoms with E-state index in [1.807, 2.05) is 0 Å². The molecule has 0 bridgehead atoms. The third kappa shape index (κ3) is 6.68. The fraction of sp³-hybridized carbons (Fsp3) is 0.154. The van der Waals surface area contributed by atoms with Gasteiger partial charge in [0.25, 0.3) is 0 Å². The quantitative estimate of drug-likeness (QED) is 0.312. The lowest BCUT2D eigenvalue weighted by Crippen LogP contribution is -2.12. The maximum absolute atomic E-state index is 12.5. The molecular weight excluding hydrogens is 476 g/mol. The highest BCUT2D eigenvalue weighted by molar-refractivity contribution is 6.34. The van der Waals surface area contributed by atoms with Gasteiger partial charge in [0.1, 0.15) is 11.5 Å². The number of esters is 4. The van der Waals surface area contributed by atoms with E-state index < -0.39 is 23.9 Å². The average Bonchev–Trinajstić information content (AvgIpc) is 2.85. The number of hydrogen-bond acceptors (Lipinski definition) is 8. The van der Waals surface area contributed by atoms with Crippen molar-refractivity contribution >= 4 is 35.5 Å². The van der Waals surface area contributed by atoms with Crippen LogP contribution < -0.4 is 9.47 Å². The van der Waals surface area contributed by atoms with Gasteiger partial charge in [0.2, 0.25) is 0 Å². The Morgan fingerprint density at radius 1 is 0.600 bits per heavy atom. The molecule has 0 amide bonds. The second-order valence-corrected chi connectivity index (χ2v) is 7.37. The smallest absolute Gasteiger partial charge is 0.345 e. The zero-order valence-corrected chi connectivity index (χ0v) is 19.7. The van der Waals surface area contributed by atoms with E-state index in [0.717, 1.165) is 0 Å². The van der Waals surface area contributed by atoms with Crippen molar-refractivity contribution in [2.24, 2.45) is 0 Å². The van der Waals surface area contributed by atoms with Crippen molar-refractivity contribution in [3.05, 3.63) is 94.0 Å². The molecule has 0 aliphatic carbocycles. The summed E-state index contributed by atoms with van der Waals surface area (Å²) >= 11 is 6.20. The summed E-state index contributed by atoms with van der Waals surface area (Å²) in [7, 11) is 0. The first-order valence-electron chi connectivity index (χ1n) is 10.6. The van der Waals surface area contributed by atoms with Crippen LogP contribution in [0.5, 0.6) is 11.5 Å². The number of rotatable bonds is 8. The van der Waals surface area contributed by atoms with Crippen molar-refractivity contribution in [2.75, 3.05) is 13.2 Å². The zero-order chi connectivity index (χ0) is 25.4. The SMILES string of the molecule is CCOC(=O)c1ccc(OC(=O)c2ccc(C(=O)Oc3ccc(C(=O)OCC)cc3)c(Cl)c2)cc1. The Bertz CT molecular complexity index is 1230. The Morgan fingerprint density at radius 3 is 1.46 bits per heavy atom. The number of carbonyl (C=O) groups excluding carboxylic acids is 4. The maximum atomic E-state index is 12.5. The molecule has 0 radical (unpaired) electrons. The average molecular weight is 497 g/mol. The maximum Gasteiger partial charge on any atom is 0.345 e. The lowest BCUT2D eigenvalue weighted by molar-refractivity contribution is 0.0516. The topological polar surface area (TPSA) is 105 Å². The fourth-order valence-corrected chi connectivity index (χ4v) is 3.14. The predicted molar refractivity (Wildman–Crippen MR) is 126 cm³/mol. The van der Waals surface area contributed by atoms with E-state index >= 15 is 0 Å². The van der Waals surface area contributed by atoms with Crippen LogP contribution in [0.4, 0.5) is 0 Å². The van der Waals surface area contributed by atoms with Gasteiger partial charge in [-0.15, -0.1) is 0 Å². The molecule has 0 saturated heterocycles. The van der Waals surface area contributed by atoms with Crippen molar-refractivity contribution in [1.29, 1.82) is 0 Å². The van der Waals surface area contributed by atoms with E-state index in [9.17, 15) is 19.2 Å². The molecular formula is C26H21ClO8. The molecule has 35 heavy (non-hydrogen) atoms. The Morgan fingerprint density at radius 2 is 1.03 bits per heavy atom. The highest BCUT2D eigenvalue weighted by Gasteiger charge is 2.18. The Kier molecular flexibility index (Phi) is 8.58. The van der Waals surface area contributed by atoms with Crippen LogP contribution in [0.3, 0.4) is 0 Å². The summed E-state index contributed by atoms with van der Waals surface area (Å²) in [5.41, 5.74) is 0.799. The van der Waals surface area contributed by atoms with Crippen molar-refractivity contribution < 1.29 is 38.1 Å². The van der Waals surface area contributed by atoms with Gasteiger partial charge in [-0.05, 0) is 80.6 Å². The van der Waals surface area contributed by atoms with E-state index in [4.69, 9.17) is 30.5 Å². The van der Waals surface area contributed by atoms with Crippen molar-refractivity contribution in [2.45, 2.75) is 13.8 Å². The highest BCUT2D eigenvalue weighted by atomic mass is 35.5. The molecule has 8 nitrogen and oxygen atoms in total. The summed E-state index contributed by atoms with van der Waals surface area (Å²) in [6, 6.07) is 15.7. The molecule has 3 aromatic carbocycles. The Labute approximate surface area is 206 Å². The zero-order valence-electron chi connectivity index (χ0n) is 18.9. The minimum Gasteiger partial charge on any atom is -0.462 e. The monoisotopic (exact) mass is 496 g/mol. The lowest BCUT2D eigenvalue weighted by atomic mass is 10.1. The number of hydrogen-bond donors (Lipinski definition) is 0. The molecule has 0 unspecified atom stereocenters. The molecule has 0 fully saturated rings. The van der Waals surface area contributed by atoms with E-state index in [1.165, 1.54) is 66.7 Å². The van der Waals surface area contributed by atoms with Crippen LogP contribution in [0.25, 0.3) is 0 Å². The third-order valence-electron chi connectivity index (χ3n) is 4.58. The first kappa shape index (κ1) is 25.5. The van der Waals surface area contributed by atoms with Crippen LogP contribution in [-0.2, 0) is 9.47 Å². The van der Waals surface area contributed by atoms with Crippen LogP contribution in [0, 0.1) is 0 Å². The van der Waals surface area contributed by atoms with E-state index in [0.29, 0.717) is 11.1 Å². The minimum absolute atomic E-state index is 0.00903. The molecule has 0 atom stereocenters. The van der Waals surface area contributed by atoms with Crippen molar-refractivity contribution in [3.8, 4) is 11.5 Å². The van der Waals surface area contributed by atoms with Crippen LogP contribution in [0.1, 0.15) is 55.3 Å². The van der Waals surface area contributed by atoms with Gasteiger partial charge >= 0.3 is 23.9 Å². The summed E-state index contributed by atoms with van der Waals surface area (Å²) in [4.78, 5) is 48.4. The summed E-state index contributed by atoms with van der Waals surface area (Å²) in [5.74, 6) is -1.98. The molecule has 0 saturated carbocycles. The Balaban J connectivity index is 1.64. The standard InChI is InChI=1S/C26H21ClO8/c1-3-32-23(28)16-5-10-19(11-6-16)34-25(30)18-9-14-21(22(27)15-18)26(31)35-20-12-7-17(8-13-20)24(29)33-4-2/h5-15H,3-4H2,1-2H3. The molecule has 0 aliphatic heterocycles. The predicted octanol–water partition coefficient (Wildman–Crippen LogP) is 5.13. The summed E-state index contributed by atoms with van der Waals surface area (Å²) in [6.45, 7) is 3.91. The molecule has 0 aliphatic rings. The summed E-state index contributed by atoms with van der Waals surface area (Å²) < 4.78 is 20.4. The third-order valence-corrected chi connectivity index (χ3v) is 4.89. The van der Waals surface area contributed by atoms with E-state index in [2.05, 4.69) is 0 Å². The summed E-state index contributed by atoms with van der Waals surface area (Å²) in [5, 5.41) is -0.00903. The number of ether oxygens (including phenoxy) is 4. The molecule has 0 aromatic heterocycles. The lowest BCUT2D eigenvalue weighted by Gasteiger charge is -2.09. The Hall–Kier alpha value is -4.17. The molecule has 3 aromatic rings. The highest BCUT2D eigenvalue weighted by Crippen LogP contribution is 2.23. The van der Waals surface area contributed by atoms with Gasteiger partial charge in [0, 0.05) is 0 Å². The van der Waals surface area contributed by atoms with Gasteiger partial charge in [0.15, 0.2) is 0 Å². The van der Waals surface area contributed by atoms with E-state index in [1.54, 1.807) is 13.8 Å². The van der Waals surface area contributed by atoms with Gasteiger partial charge in [-0.25, -0.2) is 19.2 Å². The van der Waals surface area contributed by atoms with Crippen molar-refractivity contribution in [3.63, 3.8) is 0 Å². The first-order valence-corrected chi connectivity index (χ1v) is 11.0. The molecule has 3 rings (SSSR count). The van der Waals surface area contributed by atoms with Crippen LogP contribution >= 0.6 is 11.6 Å². The first-order chi connectivity index (χ1) is 16.8. The normalized spacial score (nSPS) is 10.3. The van der Waals surface area contributed by atoms with Gasteiger partial charge in [-0.3, -0.25) is 0 Å². The summed E-state index contributed by atoms with van der Waals surface area (Å²) in [6.07, 6.45) is 0.